The lowest BCUT2D eigenvalue weighted by molar-refractivity contribution is -0.0616. The highest BCUT2D eigenvalue weighted by Crippen LogP contribution is 2.26. The van der Waals surface area contributed by atoms with E-state index in [1.807, 2.05) is 13.8 Å². The van der Waals surface area contributed by atoms with E-state index < -0.39 is 6.03 Å². The van der Waals surface area contributed by atoms with E-state index >= 15 is 0 Å². The first-order chi connectivity index (χ1) is 19.3. The number of carbonyl (C=O) groups is 2. The summed E-state index contributed by atoms with van der Waals surface area (Å²) in [6.07, 6.45) is 2.37. The first-order valence-electron chi connectivity index (χ1n) is 13.7. The number of aromatic nitrogens is 2. The van der Waals surface area contributed by atoms with Gasteiger partial charge in [0.25, 0.3) is 5.91 Å². The summed E-state index contributed by atoms with van der Waals surface area (Å²) in [5.74, 6) is 0.236. The van der Waals surface area contributed by atoms with Crippen molar-refractivity contribution in [1.82, 2.24) is 15.3 Å². The third-order valence-corrected chi connectivity index (χ3v) is 6.73. The van der Waals surface area contributed by atoms with Crippen molar-refractivity contribution in [2.45, 2.75) is 71.6 Å². The number of nitrogens with two attached hydrogens (primary N) is 2. The van der Waals surface area contributed by atoms with E-state index in [2.05, 4.69) is 29.1 Å². The molecule has 3 amide bonds. The van der Waals surface area contributed by atoms with Gasteiger partial charge >= 0.3 is 12.0 Å². The first kappa shape index (κ1) is 33.7. The van der Waals surface area contributed by atoms with Crippen molar-refractivity contribution in [1.29, 1.82) is 0 Å². The molecule has 5 N–H and O–H groups in total. The fourth-order valence-electron chi connectivity index (χ4n) is 3.81. The molecule has 0 bridgehead atoms. The summed E-state index contributed by atoms with van der Waals surface area (Å²) < 4.78 is 21.9. The highest BCUT2D eigenvalue weighted by Gasteiger charge is 2.23. The Bertz CT molecular complexity index is 1140. The Kier molecular flexibility index (Phi) is 12.8. The summed E-state index contributed by atoms with van der Waals surface area (Å²) in [4.78, 5) is 34.8. The topological polar surface area (TPSA) is 164 Å². The zero-order chi connectivity index (χ0) is 30.6. The average molecular weight is 575 g/mol. The fraction of sp³-hybridized carbons (Fsp3) is 0.586. The third kappa shape index (κ3) is 11.1. The van der Waals surface area contributed by atoms with Gasteiger partial charge in [-0.2, -0.15) is 9.97 Å². The lowest BCUT2D eigenvalue weighted by atomic mass is 10.0. The number of methoxy groups -OCH3 is 2. The quantitative estimate of drug-likeness (QED) is 0.239. The molecule has 2 rings (SSSR count). The van der Waals surface area contributed by atoms with Crippen molar-refractivity contribution in [3.05, 3.63) is 41.0 Å². The van der Waals surface area contributed by atoms with Gasteiger partial charge in [-0.25, -0.2) is 4.79 Å². The molecular weight excluding hydrogens is 528 g/mol. The lowest BCUT2D eigenvalue weighted by Gasteiger charge is -2.29. The van der Waals surface area contributed by atoms with E-state index in [0.29, 0.717) is 30.9 Å². The molecule has 0 saturated heterocycles. The predicted octanol–water partition coefficient (Wildman–Crippen LogP) is 3.60. The molecule has 12 heteroatoms. The standard InChI is InChI=1S/C29H46N6O6/c1-20-23(30)33-27(40-18-17-38-6)34-24(20)35(26(31)37)19-21-9-11-22(12-10-21)25(36)32-15-8-13-29(4,5)41-16-14-28(2,3)39-7/h9-12H,8,13-19H2,1-7H3,(H2,31,37)(H,32,36)(H2,30,33,34). The number of nitrogen functional groups attached to an aromatic ring is 1. The second-order valence-corrected chi connectivity index (χ2v) is 11.0. The molecule has 0 radical (unpaired) electrons. The predicted molar refractivity (Wildman–Crippen MR) is 158 cm³/mol. The Morgan fingerprint density at radius 2 is 1.66 bits per heavy atom. The third-order valence-electron chi connectivity index (χ3n) is 6.73. The molecule has 1 heterocycles. The van der Waals surface area contributed by atoms with Crippen LogP contribution in [0.25, 0.3) is 0 Å². The number of hydrogen-bond acceptors (Lipinski definition) is 9. The van der Waals surface area contributed by atoms with Gasteiger partial charge in [0.15, 0.2) is 0 Å². The largest absolute Gasteiger partial charge is 0.461 e. The maximum Gasteiger partial charge on any atom is 0.320 e. The average Bonchev–Trinajstić information content (AvgIpc) is 2.91. The Morgan fingerprint density at radius 3 is 2.27 bits per heavy atom. The number of ether oxygens (including phenoxy) is 4. The second kappa shape index (κ2) is 15.5. The van der Waals surface area contributed by atoms with E-state index in [1.165, 1.54) is 4.90 Å². The van der Waals surface area contributed by atoms with E-state index in [-0.39, 0.29) is 47.9 Å². The van der Waals surface area contributed by atoms with Gasteiger partial charge in [0.2, 0.25) is 0 Å². The number of carbonyl (C=O) groups excluding carboxylic acids is 2. The number of anilines is 2. The highest BCUT2D eigenvalue weighted by atomic mass is 16.5. The number of primary amides is 1. The number of benzene rings is 1. The van der Waals surface area contributed by atoms with E-state index in [9.17, 15) is 9.59 Å². The Morgan fingerprint density at radius 1 is 0.976 bits per heavy atom. The molecule has 0 spiro atoms. The van der Waals surface area contributed by atoms with Crippen molar-refractivity contribution < 1.29 is 28.5 Å². The summed E-state index contributed by atoms with van der Waals surface area (Å²) in [5.41, 5.74) is 12.9. The number of urea groups is 1. The molecule has 0 aliphatic carbocycles. The van der Waals surface area contributed by atoms with Gasteiger partial charge < -0.3 is 35.7 Å². The molecule has 12 nitrogen and oxygen atoms in total. The minimum atomic E-state index is -0.717. The van der Waals surface area contributed by atoms with Crippen LogP contribution in [0.5, 0.6) is 6.01 Å². The van der Waals surface area contributed by atoms with Crippen LogP contribution < -0.4 is 26.4 Å². The van der Waals surface area contributed by atoms with Crippen molar-refractivity contribution >= 4 is 23.6 Å². The summed E-state index contributed by atoms with van der Waals surface area (Å²) in [7, 11) is 3.25. The van der Waals surface area contributed by atoms with Crippen LogP contribution in [0.2, 0.25) is 0 Å². The van der Waals surface area contributed by atoms with Crippen molar-refractivity contribution in [3.63, 3.8) is 0 Å². The maximum absolute atomic E-state index is 12.7. The minimum Gasteiger partial charge on any atom is -0.461 e. The molecule has 41 heavy (non-hydrogen) atoms. The Hall–Kier alpha value is -3.48. The van der Waals surface area contributed by atoms with Crippen LogP contribution in [0, 0.1) is 6.92 Å². The zero-order valence-electron chi connectivity index (χ0n) is 25.4. The van der Waals surface area contributed by atoms with Crippen LogP contribution in [0.1, 0.15) is 68.4 Å². The smallest absolute Gasteiger partial charge is 0.320 e. The molecule has 228 valence electrons. The van der Waals surface area contributed by atoms with Crippen molar-refractivity contribution in [3.8, 4) is 6.01 Å². The molecule has 0 aliphatic rings. The Labute approximate surface area is 243 Å². The summed E-state index contributed by atoms with van der Waals surface area (Å²) in [5, 5.41) is 2.95. The minimum absolute atomic E-state index is 0.0170. The van der Waals surface area contributed by atoms with Gasteiger partial charge in [-0.1, -0.05) is 12.1 Å². The van der Waals surface area contributed by atoms with E-state index in [0.717, 1.165) is 24.8 Å². The summed E-state index contributed by atoms with van der Waals surface area (Å²) in [6, 6.07) is 6.23. The monoisotopic (exact) mass is 574 g/mol. The molecule has 1 aromatic heterocycles. The second-order valence-electron chi connectivity index (χ2n) is 11.0. The van der Waals surface area contributed by atoms with Gasteiger partial charge in [-0.05, 0) is 71.6 Å². The van der Waals surface area contributed by atoms with E-state index in [4.69, 9.17) is 30.4 Å². The number of hydrogen-bond donors (Lipinski definition) is 3. The molecule has 0 saturated carbocycles. The van der Waals surface area contributed by atoms with Crippen LogP contribution in [-0.4, -0.2) is 73.7 Å². The fourth-order valence-corrected chi connectivity index (χ4v) is 3.81. The van der Waals surface area contributed by atoms with Gasteiger partial charge in [-0.3, -0.25) is 9.69 Å². The molecule has 0 unspecified atom stereocenters. The van der Waals surface area contributed by atoms with Crippen molar-refractivity contribution in [2.75, 3.05) is 51.2 Å². The van der Waals surface area contributed by atoms with Crippen LogP contribution in [-0.2, 0) is 20.8 Å². The maximum atomic E-state index is 12.7. The van der Waals surface area contributed by atoms with Crippen molar-refractivity contribution in [2.24, 2.45) is 5.73 Å². The van der Waals surface area contributed by atoms with Crippen LogP contribution in [0.4, 0.5) is 16.4 Å². The first-order valence-corrected chi connectivity index (χ1v) is 13.7. The highest BCUT2D eigenvalue weighted by molar-refractivity contribution is 5.94. The Balaban J connectivity index is 1.94. The van der Waals surface area contributed by atoms with Gasteiger partial charge in [-0.15, -0.1) is 0 Å². The van der Waals surface area contributed by atoms with Crippen LogP contribution in [0.15, 0.2) is 24.3 Å². The molecule has 0 aliphatic heterocycles. The van der Waals surface area contributed by atoms with Crippen LogP contribution in [0.3, 0.4) is 0 Å². The van der Waals surface area contributed by atoms with E-state index in [1.54, 1.807) is 45.4 Å². The number of nitrogens with zero attached hydrogens (tertiary/aromatic N) is 3. The molecule has 0 fully saturated rings. The number of rotatable bonds is 17. The van der Waals surface area contributed by atoms with Gasteiger partial charge in [0.05, 0.1) is 31.0 Å². The lowest BCUT2D eigenvalue weighted by Crippen LogP contribution is -2.36. The molecule has 2 aromatic rings. The molecule has 0 atom stereocenters. The SMILES string of the molecule is COCCOc1nc(N)c(C)c(N(Cc2ccc(C(=O)NCCCC(C)(C)OCCC(C)(C)OC)cc2)C(N)=O)n1. The summed E-state index contributed by atoms with van der Waals surface area (Å²) in [6.45, 7) is 11.7. The van der Waals surface area contributed by atoms with Gasteiger partial charge in [0, 0.05) is 31.9 Å². The number of amides is 3. The van der Waals surface area contributed by atoms with Crippen LogP contribution >= 0.6 is 0 Å². The number of nitrogens with one attached hydrogen (secondary N) is 1. The zero-order valence-corrected chi connectivity index (χ0v) is 25.4. The van der Waals surface area contributed by atoms with Gasteiger partial charge in [0.1, 0.15) is 18.2 Å². The summed E-state index contributed by atoms with van der Waals surface area (Å²) >= 11 is 0. The molecular formula is C29H46N6O6. The normalized spacial score (nSPS) is 11.8. The molecule has 1 aromatic carbocycles.